The van der Waals surface area contributed by atoms with Crippen LogP contribution < -0.4 is 4.74 Å². The molecule has 3 rings (SSSR count). The molecule has 26 heavy (non-hydrogen) atoms. The van der Waals surface area contributed by atoms with E-state index in [1.165, 1.54) is 22.8 Å². The van der Waals surface area contributed by atoms with Crippen molar-refractivity contribution in [2.75, 3.05) is 6.61 Å². The number of hydrogen-bond donors (Lipinski definition) is 1. The van der Waals surface area contributed by atoms with Crippen molar-refractivity contribution in [3.05, 3.63) is 52.6 Å². The summed E-state index contributed by atoms with van der Waals surface area (Å²) in [6.45, 7) is 13.8. The molecule has 2 unspecified atom stereocenters. The second-order valence-corrected chi connectivity index (χ2v) is 9.08. The normalized spacial score (nSPS) is 26.9. The number of benzene rings is 1. The predicted octanol–water partition coefficient (Wildman–Crippen LogP) is 5.34. The van der Waals surface area contributed by atoms with Crippen molar-refractivity contribution in [2.24, 2.45) is 5.92 Å². The van der Waals surface area contributed by atoms with E-state index in [-0.39, 0.29) is 10.8 Å². The molecule has 2 atom stereocenters. The van der Waals surface area contributed by atoms with Crippen LogP contribution in [0.15, 0.2) is 35.9 Å². The molecular weight excluding hydrogens is 324 g/mol. The van der Waals surface area contributed by atoms with Gasteiger partial charge in [-0.25, -0.2) is 4.79 Å². The average molecular weight is 354 g/mol. The molecule has 1 aliphatic heterocycles. The highest BCUT2D eigenvalue weighted by atomic mass is 16.5. The van der Waals surface area contributed by atoms with Crippen molar-refractivity contribution in [3.8, 4) is 5.75 Å². The second-order valence-electron chi connectivity index (χ2n) is 9.08. The molecule has 0 saturated heterocycles. The molecule has 1 aromatic rings. The lowest BCUT2D eigenvalue weighted by Crippen LogP contribution is -2.19. The fourth-order valence-corrected chi connectivity index (χ4v) is 3.93. The monoisotopic (exact) mass is 354 g/mol. The van der Waals surface area contributed by atoms with E-state index in [4.69, 9.17) is 9.84 Å². The van der Waals surface area contributed by atoms with E-state index in [9.17, 15) is 4.79 Å². The van der Waals surface area contributed by atoms with E-state index < -0.39 is 5.97 Å². The van der Waals surface area contributed by atoms with Crippen LogP contribution in [0.1, 0.15) is 70.6 Å². The SMILES string of the molecule is CC(/C=C/C1CC1(C)c1cc(C(C)C)c2c(c1)C(C)(C)CO2)=C\C(=O)O. The van der Waals surface area contributed by atoms with Crippen molar-refractivity contribution in [2.45, 2.75) is 64.7 Å². The number of rotatable bonds is 5. The van der Waals surface area contributed by atoms with Crippen LogP contribution in [0, 0.1) is 5.92 Å². The molecule has 1 aliphatic carbocycles. The number of aliphatic carboxylic acids is 1. The van der Waals surface area contributed by atoms with Gasteiger partial charge in [-0.2, -0.15) is 0 Å². The summed E-state index contributed by atoms with van der Waals surface area (Å²) in [6.07, 6.45) is 6.45. The van der Waals surface area contributed by atoms with Crippen LogP contribution >= 0.6 is 0 Å². The highest BCUT2D eigenvalue weighted by Gasteiger charge is 2.50. The lowest BCUT2D eigenvalue weighted by atomic mass is 9.81. The van der Waals surface area contributed by atoms with Crippen LogP contribution in [0.5, 0.6) is 5.75 Å². The lowest BCUT2D eigenvalue weighted by molar-refractivity contribution is -0.131. The van der Waals surface area contributed by atoms with Crippen LogP contribution in [-0.4, -0.2) is 17.7 Å². The molecular formula is C23H30O3. The molecule has 0 spiro atoms. The summed E-state index contributed by atoms with van der Waals surface area (Å²) in [6, 6.07) is 4.68. The molecule has 2 aliphatic rings. The number of carboxylic acids is 1. The van der Waals surface area contributed by atoms with Gasteiger partial charge >= 0.3 is 5.97 Å². The van der Waals surface area contributed by atoms with Crippen molar-refractivity contribution in [1.82, 2.24) is 0 Å². The maximum absolute atomic E-state index is 10.8. The van der Waals surface area contributed by atoms with Crippen molar-refractivity contribution < 1.29 is 14.6 Å². The average Bonchev–Trinajstić information content (AvgIpc) is 3.11. The first-order chi connectivity index (χ1) is 12.0. The minimum absolute atomic E-state index is 0.0480. The van der Waals surface area contributed by atoms with Gasteiger partial charge in [-0.05, 0) is 47.3 Å². The van der Waals surface area contributed by atoms with Crippen molar-refractivity contribution in [3.63, 3.8) is 0 Å². The highest BCUT2D eigenvalue weighted by Crippen LogP contribution is 2.57. The minimum atomic E-state index is -0.895. The van der Waals surface area contributed by atoms with Crippen LogP contribution in [0.4, 0.5) is 0 Å². The lowest BCUT2D eigenvalue weighted by Gasteiger charge is -2.21. The van der Waals surface area contributed by atoms with Crippen LogP contribution in [0.3, 0.4) is 0 Å². The van der Waals surface area contributed by atoms with E-state index in [2.05, 4.69) is 52.8 Å². The Kier molecular flexibility index (Phi) is 4.54. The molecule has 140 valence electrons. The Morgan fingerprint density at radius 2 is 2.00 bits per heavy atom. The Hall–Kier alpha value is -2.03. The fourth-order valence-electron chi connectivity index (χ4n) is 3.93. The van der Waals surface area contributed by atoms with Gasteiger partial charge in [0, 0.05) is 17.1 Å². The van der Waals surface area contributed by atoms with E-state index >= 15 is 0 Å². The van der Waals surface area contributed by atoms with Gasteiger partial charge in [0.25, 0.3) is 0 Å². The third-order valence-corrected chi connectivity index (χ3v) is 5.95. The standard InChI is InChI=1S/C23H30O3/c1-14(2)18-10-17(11-19-21(18)26-13-22(19,4)5)23(6)12-16(23)8-7-15(3)9-20(24)25/h7-11,14,16H,12-13H2,1-6H3,(H,24,25)/b8-7+,15-9+. The van der Waals surface area contributed by atoms with Gasteiger partial charge in [-0.15, -0.1) is 0 Å². The molecule has 0 bridgehead atoms. The smallest absolute Gasteiger partial charge is 0.328 e. The van der Waals surface area contributed by atoms with Gasteiger partial charge in [0.05, 0.1) is 6.61 Å². The Morgan fingerprint density at radius 1 is 1.31 bits per heavy atom. The molecule has 1 aromatic carbocycles. The molecule has 3 heteroatoms. The maximum Gasteiger partial charge on any atom is 0.328 e. The minimum Gasteiger partial charge on any atom is -0.492 e. The first-order valence-corrected chi connectivity index (χ1v) is 9.46. The molecule has 3 nitrogen and oxygen atoms in total. The summed E-state index contributed by atoms with van der Waals surface area (Å²) in [4.78, 5) is 10.8. The third kappa shape index (κ3) is 3.32. The van der Waals surface area contributed by atoms with Gasteiger partial charge in [0.2, 0.25) is 0 Å². The first-order valence-electron chi connectivity index (χ1n) is 9.46. The molecule has 0 aromatic heterocycles. The summed E-state index contributed by atoms with van der Waals surface area (Å²) in [7, 11) is 0. The number of carboxylic acid groups (broad SMARTS) is 1. The number of carbonyl (C=O) groups is 1. The molecule has 1 N–H and O–H groups in total. The van der Waals surface area contributed by atoms with E-state index in [1.807, 2.05) is 13.0 Å². The third-order valence-electron chi connectivity index (χ3n) is 5.95. The van der Waals surface area contributed by atoms with Crippen LogP contribution in [0.25, 0.3) is 0 Å². The van der Waals surface area contributed by atoms with E-state index in [0.29, 0.717) is 11.8 Å². The summed E-state index contributed by atoms with van der Waals surface area (Å²) >= 11 is 0. The van der Waals surface area contributed by atoms with Gasteiger partial charge < -0.3 is 9.84 Å². The number of fused-ring (bicyclic) bond motifs is 1. The summed E-state index contributed by atoms with van der Waals surface area (Å²) in [5.74, 6) is 1.07. The topological polar surface area (TPSA) is 46.5 Å². The van der Waals surface area contributed by atoms with Gasteiger partial charge in [-0.1, -0.05) is 58.9 Å². The maximum atomic E-state index is 10.8. The highest BCUT2D eigenvalue weighted by molar-refractivity contribution is 5.81. The zero-order chi connectivity index (χ0) is 19.3. The zero-order valence-electron chi connectivity index (χ0n) is 16.7. The molecule has 0 amide bonds. The largest absolute Gasteiger partial charge is 0.492 e. The quantitative estimate of drug-likeness (QED) is 0.573. The van der Waals surface area contributed by atoms with E-state index in [1.54, 1.807) is 0 Å². The molecule has 1 saturated carbocycles. The van der Waals surface area contributed by atoms with Crippen molar-refractivity contribution >= 4 is 5.97 Å². The van der Waals surface area contributed by atoms with Crippen LogP contribution in [0.2, 0.25) is 0 Å². The summed E-state index contributed by atoms with van der Waals surface area (Å²) < 4.78 is 6.06. The Balaban J connectivity index is 1.92. The Bertz CT molecular complexity index is 798. The number of hydrogen-bond acceptors (Lipinski definition) is 2. The number of ether oxygens (including phenoxy) is 1. The van der Waals surface area contributed by atoms with Crippen molar-refractivity contribution in [1.29, 1.82) is 0 Å². The van der Waals surface area contributed by atoms with Gasteiger partial charge in [0.15, 0.2) is 0 Å². The summed E-state index contributed by atoms with van der Waals surface area (Å²) in [5.41, 5.74) is 4.97. The molecule has 0 radical (unpaired) electrons. The van der Waals surface area contributed by atoms with Crippen LogP contribution in [-0.2, 0) is 15.6 Å². The molecule has 1 heterocycles. The van der Waals surface area contributed by atoms with E-state index in [0.717, 1.165) is 24.4 Å². The van der Waals surface area contributed by atoms with Gasteiger partial charge in [0.1, 0.15) is 5.75 Å². The Morgan fingerprint density at radius 3 is 2.62 bits per heavy atom. The second kappa shape index (κ2) is 6.29. The predicted molar refractivity (Wildman–Crippen MR) is 105 cm³/mol. The fraction of sp³-hybridized carbons (Fsp3) is 0.522. The van der Waals surface area contributed by atoms with Gasteiger partial charge in [-0.3, -0.25) is 0 Å². The first kappa shape index (κ1) is 18.8. The molecule has 1 fully saturated rings. The zero-order valence-corrected chi connectivity index (χ0v) is 16.7. The summed E-state index contributed by atoms with van der Waals surface area (Å²) in [5, 5.41) is 8.84. The number of allylic oxidation sites excluding steroid dienone is 3. The Labute approximate surface area is 156 Å².